The normalized spacial score (nSPS) is 18.9. The fourth-order valence-electron chi connectivity index (χ4n) is 2.02. The first-order valence-electron chi connectivity index (χ1n) is 5.57. The van der Waals surface area contributed by atoms with Gasteiger partial charge in [-0.1, -0.05) is 27.5 Å². The lowest BCUT2D eigenvalue weighted by Gasteiger charge is -2.30. The Kier molecular flexibility index (Phi) is 4.25. The average molecular weight is 304 g/mol. The van der Waals surface area contributed by atoms with Gasteiger partial charge in [0.05, 0.1) is 0 Å². The minimum absolute atomic E-state index is 0.388. The standard InChI is InChI=1S/C12H16BrClN2/c13-12-2-1-10(14)7-9(12)8-16-5-3-11(15)4-6-16/h1-2,7,11H,3-6,8,15H2. The molecule has 0 amide bonds. The molecule has 0 atom stereocenters. The molecule has 2 nitrogen and oxygen atoms in total. The number of hydrogen-bond acceptors (Lipinski definition) is 2. The number of nitrogens with two attached hydrogens (primary N) is 1. The van der Waals surface area contributed by atoms with Gasteiger partial charge in [0.2, 0.25) is 0 Å². The molecule has 0 bridgehead atoms. The molecule has 1 fully saturated rings. The van der Waals surface area contributed by atoms with Crippen LogP contribution in [-0.2, 0) is 6.54 Å². The average Bonchev–Trinajstić information content (AvgIpc) is 2.27. The van der Waals surface area contributed by atoms with Crippen LogP contribution in [0.25, 0.3) is 0 Å². The van der Waals surface area contributed by atoms with Crippen LogP contribution in [0.3, 0.4) is 0 Å². The monoisotopic (exact) mass is 302 g/mol. The SMILES string of the molecule is NC1CCN(Cc2cc(Cl)ccc2Br)CC1. The lowest BCUT2D eigenvalue weighted by atomic mass is 10.1. The zero-order valence-electron chi connectivity index (χ0n) is 9.13. The number of piperidine rings is 1. The van der Waals surface area contributed by atoms with Crippen molar-refractivity contribution in [3.05, 3.63) is 33.3 Å². The molecule has 0 aliphatic carbocycles. The third-order valence-electron chi connectivity index (χ3n) is 3.03. The Hall–Kier alpha value is -0.0900. The van der Waals surface area contributed by atoms with Gasteiger partial charge in [-0.3, -0.25) is 4.90 Å². The fourth-order valence-corrected chi connectivity index (χ4v) is 2.58. The summed E-state index contributed by atoms with van der Waals surface area (Å²) in [5.74, 6) is 0. The Morgan fingerprint density at radius 2 is 2.06 bits per heavy atom. The summed E-state index contributed by atoms with van der Waals surface area (Å²) in [5, 5.41) is 0.798. The first kappa shape index (κ1) is 12.4. The second-order valence-corrected chi connectivity index (χ2v) is 5.64. The molecule has 0 aromatic heterocycles. The minimum Gasteiger partial charge on any atom is -0.328 e. The van der Waals surface area contributed by atoms with Gasteiger partial charge in [0.1, 0.15) is 0 Å². The van der Waals surface area contributed by atoms with Crippen molar-refractivity contribution in [3.63, 3.8) is 0 Å². The van der Waals surface area contributed by atoms with Crippen molar-refractivity contribution in [2.24, 2.45) is 5.73 Å². The maximum absolute atomic E-state index is 6.00. The van der Waals surface area contributed by atoms with E-state index in [0.29, 0.717) is 6.04 Å². The predicted octanol–water partition coefficient (Wildman–Crippen LogP) is 3.03. The van der Waals surface area contributed by atoms with Gasteiger partial charge >= 0.3 is 0 Å². The molecule has 1 heterocycles. The van der Waals surface area contributed by atoms with E-state index in [1.165, 1.54) is 5.56 Å². The van der Waals surface area contributed by atoms with E-state index >= 15 is 0 Å². The van der Waals surface area contributed by atoms with Gasteiger partial charge in [-0.2, -0.15) is 0 Å². The highest BCUT2D eigenvalue weighted by atomic mass is 79.9. The Balaban J connectivity index is 2.00. The quantitative estimate of drug-likeness (QED) is 0.910. The van der Waals surface area contributed by atoms with Gasteiger partial charge in [-0.15, -0.1) is 0 Å². The summed E-state index contributed by atoms with van der Waals surface area (Å²) in [4.78, 5) is 2.43. The van der Waals surface area contributed by atoms with E-state index in [4.69, 9.17) is 17.3 Å². The Morgan fingerprint density at radius 3 is 2.75 bits per heavy atom. The van der Waals surface area contributed by atoms with Crippen LogP contribution < -0.4 is 5.73 Å². The zero-order chi connectivity index (χ0) is 11.5. The molecular formula is C12H16BrClN2. The van der Waals surface area contributed by atoms with Gasteiger partial charge in [0.25, 0.3) is 0 Å². The van der Waals surface area contributed by atoms with E-state index in [9.17, 15) is 0 Å². The topological polar surface area (TPSA) is 29.3 Å². The first-order valence-corrected chi connectivity index (χ1v) is 6.74. The van der Waals surface area contributed by atoms with Crippen LogP contribution in [0.5, 0.6) is 0 Å². The Labute approximate surface area is 110 Å². The number of rotatable bonds is 2. The highest BCUT2D eigenvalue weighted by molar-refractivity contribution is 9.10. The van der Waals surface area contributed by atoms with Crippen LogP contribution in [0.4, 0.5) is 0 Å². The molecule has 16 heavy (non-hydrogen) atoms. The second-order valence-electron chi connectivity index (χ2n) is 4.35. The second kappa shape index (κ2) is 5.50. The summed E-state index contributed by atoms with van der Waals surface area (Å²) in [6.45, 7) is 3.12. The van der Waals surface area contributed by atoms with Crippen LogP contribution in [0.2, 0.25) is 5.02 Å². The lowest BCUT2D eigenvalue weighted by molar-refractivity contribution is 0.205. The largest absolute Gasteiger partial charge is 0.328 e. The number of likely N-dealkylation sites (tertiary alicyclic amines) is 1. The summed E-state index contributed by atoms with van der Waals surface area (Å²) in [6, 6.07) is 6.33. The summed E-state index contributed by atoms with van der Waals surface area (Å²) in [7, 11) is 0. The van der Waals surface area contributed by atoms with Gasteiger partial charge in [-0.25, -0.2) is 0 Å². The number of nitrogens with zero attached hydrogens (tertiary/aromatic N) is 1. The van der Waals surface area contributed by atoms with E-state index in [1.807, 2.05) is 18.2 Å². The summed E-state index contributed by atoms with van der Waals surface area (Å²) < 4.78 is 1.13. The van der Waals surface area contributed by atoms with Gasteiger partial charge in [-0.05, 0) is 49.7 Å². The summed E-state index contributed by atoms with van der Waals surface area (Å²) >= 11 is 9.56. The third-order valence-corrected chi connectivity index (χ3v) is 4.04. The van der Waals surface area contributed by atoms with E-state index in [-0.39, 0.29) is 0 Å². The molecule has 2 N–H and O–H groups in total. The first-order chi connectivity index (χ1) is 7.65. The molecule has 0 unspecified atom stereocenters. The highest BCUT2D eigenvalue weighted by Crippen LogP contribution is 2.23. The third kappa shape index (κ3) is 3.20. The van der Waals surface area contributed by atoms with Crippen molar-refractivity contribution in [1.82, 2.24) is 4.90 Å². The molecular weight excluding hydrogens is 288 g/mol. The zero-order valence-corrected chi connectivity index (χ0v) is 11.5. The number of benzene rings is 1. The molecule has 88 valence electrons. The summed E-state index contributed by atoms with van der Waals surface area (Å²) in [5.41, 5.74) is 7.14. The van der Waals surface area contributed by atoms with Crippen LogP contribution >= 0.6 is 27.5 Å². The maximum Gasteiger partial charge on any atom is 0.0410 e. The van der Waals surface area contributed by atoms with Gasteiger partial charge in [0, 0.05) is 22.1 Å². The highest BCUT2D eigenvalue weighted by Gasteiger charge is 2.16. The molecule has 1 saturated heterocycles. The van der Waals surface area contributed by atoms with Crippen molar-refractivity contribution in [3.8, 4) is 0 Å². The molecule has 0 saturated carbocycles. The van der Waals surface area contributed by atoms with Crippen molar-refractivity contribution >= 4 is 27.5 Å². The van der Waals surface area contributed by atoms with Crippen LogP contribution in [-0.4, -0.2) is 24.0 Å². The van der Waals surface area contributed by atoms with Gasteiger partial charge < -0.3 is 5.73 Å². The van der Waals surface area contributed by atoms with Crippen LogP contribution in [0.15, 0.2) is 22.7 Å². The molecule has 0 spiro atoms. The molecule has 1 aliphatic rings. The van der Waals surface area contributed by atoms with Gasteiger partial charge in [0.15, 0.2) is 0 Å². The number of hydrogen-bond donors (Lipinski definition) is 1. The van der Waals surface area contributed by atoms with E-state index in [0.717, 1.165) is 42.0 Å². The summed E-state index contributed by atoms with van der Waals surface area (Å²) in [6.07, 6.45) is 2.19. The molecule has 4 heteroatoms. The van der Waals surface area contributed by atoms with Crippen molar-refractivity contribution in [1.29, 1.82) is 0 Å². The maximum atomic E-state index is 6.00. The molecule has 1 aromatic carbocycles. The number of halogens is 2. The molecule has 1 aliphatic heterocycles. The van der Waals surface area contributed by atoms with E-state index < -0.39 is 0 Å². The van der Waals surface area contributed by atoms with E-state index in [2.05, 4.69) is 20.8 Å². The molecule has 0 radical (unpaired) electrons. The predicted molar refractivity (Wildman–Crippen MR) is 71.6 cm³/mol. The van der Waals surface area contributed by atoms with Crippen LogP contribution in [0.1, 0.15) is 18.4 Å². The Bertz CT molecular complexity index is 362. The fraction of sp³-hybridized carbons (Fsp3) is 0.500. The van der Waals surface area contributed by atoms with E-state index in [1.54, 1.807) is 0 Å². The van der Waals surface area contributed by atoms with Crippen molar-refractivity contribution in [2.45, 2.75) is 25.4 Å². The van der Waals surface area contributed by atoms with Crippen LogP contribution in [0, 0.1) is 0 Å². The molecule has 2 rings (SSSR count). The smallest absolute Gasteiger partial charge is 0.0410 e. The minimum atomic E-state index is 0.388. The molecule has 1 aromatic rings. The van der Waals surface area contributed by atoms with Crippen molar-refractivity contribution in [2.75, 3.05) is 13.1 Å². The lowest BCUT2D eigenvalue weighted by Crippen LogP contribution is -2.39. The Morgan fingerprint density at radius 1 is 1.38 bits per heavy atom. The van der Waals surface area contributed by atoms with Crippen molar-refractivity contribution < 1.29 is 0 Å².